The predicted octanol–water partition coefficient (Wildman–Crippen LogP) is 0.345. The molecular formula is C9H7BClFN2O2. The van der Waals surface area contributed by atoms with Crippen LogP contribution in [0.3, 0.4) is 0 Å². The zero-order chi connectivity index (χ0) is 11.7. The minimum atomic E-state index is -1.63. The van der Waals surface area contributed by atoms with Gasteiger partial charge in [-0.05, 0) is 12.1 Å². The van der Waals surface area contributed by atoms with Crippen molar-refractivity contribution in [3.63, 3.8) is 0 Å². The molecule has 0 saturated carbocycles. The number of halogens is 2. The van der Waals surface area contributed by atoms with Crippen molar-refractivity contribution in [3.05, 3.63) is 41.4 Å². The number of rotatable bonds is 2. The topological polar surface area (TPSA) is 58.3 Å². The molecule has 0 bridgehead atoms. The van der Waals surface area contributed by atoms with Crippen molar-refractivity contribution in [3.8, 4) is 5.69 Å². The highest BCUT2D eigenvalue weighted by Crippen LogP contribution is 2.20. The van der Waals surface area contributed by atoms with Gasteiger partial charge in [0.2, 0.25) is 0 Å². The minimum absolute atomic E-state index is 0.0147. The summed E-state index contributed by atoms with van der Waals surface area (Å²) < 4.78 is 14.8. The highest BCUT2D eigenvalue weighted by Gasteiger charge is 2.15. The van der Waals surface area contributed by atoms with Gasteiger partial charge in [0.15, 0.2) is 5.82 Å². The second kappa shape index (κ2) is 4.25. The summed E-state index contributed by atoms with van der Waals surface area (Å²) in [5.74, 6) is -0.605. The summed E-state index contributed by atoms with van der Waals surface area (Å²) in [6.45, 7) is 0. The number of benzene rings is 1. The van der Waals surface area contributed by atoms with Gasteiger partial charge in [-0.2, -0.15) is 5.10 Å². The van der Waals surface area contributed by atoms with E-state index in [9.17, 15) is 4.39 Å². The SMILES string of the molecule is OB(O)c1cnn(-c2cccc(Cl)c2F)c1. The van der Waals surface area contributed by atoms with Crippen molar-refractivity contribution in [2.75, 3.05) is 0 Å². The second-order valence-corrected chi connectivity index (χ2v) is 3.57. The van der Waals surface area contributed by atoms with Gasteiger partial charge >= 0.3 is 7.12 Å². The molecule has 0 saturated heterocycles. The van der Waals surface area contributed by atoms with Crippen LogP contribution in [0, 0.1) is 5.82 Å². The Balaban J connectivity index is 2.47. The zero-order valence-electron chi connectivity index (χ0n) is 8.01. The first-order valence-electron chi connectivity index (χ1n) is 4.44. The van der Waals surface area contributed by atoms with Crippen LogP contribution in [-0.4, -0.2) is 26.9 Å². The van der Waals surface area contributed by atoms with Crippen molar-refractivity contribution < 1.29 is 14.4 Å². The second-order valence-electron chi connectivity index (χ2n) is 3.16. The molecule has 0 fully saturated rings. The molecule has 0 aliphatic rings. The van der Waals surface area contributed by atoms with Crippen LogP contribution in [-0.2, 0) is 0 Å². The van der Waals surface area contributed by atoms with E-state index in [0.717, 1.165) is 0 Å². The highest BCUT2D eigenvalue weighted by atomic mass is 35.5. The molecule has 0 atom stereocenters. The molecule has 0 unspecified atom stereocenters. The van der Waals surface area contributed by atoms with Gasteiger partial charge in [-0.1, -0.05) is 17.7 Å². The van der Waals surface area contributed by atoms with Gasteiger partial charge in [0.1, 0.15) is 5.69 Å². The molecule has 2 rings (SSSR count). The molecule has 0 radical (unpaired) electrons. The average Bonchev–Trinajstić information content (AvgIpc) is 2.71. The third-order valence-corrected chi connectivity index (χ3v) is 2.37. The zero-order valence-corrected chi connectivity index (χ0v) is 8.76. The standard InChI is InChI=1S/C9H7BClFN2O2/c11-7-2-1-3-8(9(7)12)14-5-6(4-13-14)10(15)16/h1-5,15-16H. The largest absolute Gasteiger partial charge is 0.491 e. The fraction of sp³-hybridized carbons (Fsp3) is 0. The summed E-state index contributed by atoms with van der Waals surface area (Å²) in [5.41, 5.74) is 0.332. The lowest BCUT2D eigenvalue weighted by molar-refractivity contribution is 0.426. The molecular weight excluding hydrogens is 233 g/mol. The maximum Gasteiger partial charge on any atom is 0.491 e. The summed E-state index contributed by atoms with van der Waals surface area (Å²) in [7, 11) is -1.63. The lowest BCUT2D eigenvalue weighted by Crippen LogP contribution is -2.28. The first-order chi connectivity index (χ1) is 7.59. The van der Waals surface area contributed by atoms with Crippen LogP contribution in [0.25, 0.3) is 5.69 Å². The summed E-state index contributed by atoms with van der Waals surface area (Å²) in [6, 6.07) is 4.49. The summed E-state index contributed by atoms with van der Waals surface area (Å²) in [4.78, 5) is 0. The Morgan fingerprint density at radius 3 is 2.75 bits per heavy atom. The maximum absolute atomic E-state index is 13.6. The fourth-order valence-corrected chi connectivity index (χ4v) is 1.44. The van der Waals surface area contributed by atoms with Gasteiger partial charge in [0.05, 0.1) is 5.02 Å². The summed E-state index contributed by atoms with van der Waals surface area (Å²) in [5, 5.41) is 21.6. The van der Waals surface area contributed by atoms with Crippen LogP contribution in [0.5, 0.6) is 0 Å². The van der Waals surface area contributed by atoms with E-state index < -0.39 is 12.9 Å². The van der Waals surface area contributed by atoms with Gasteiger partial charge < -0.3 is 10.0 Å². The molecule has 2 aromatic rings. The molecule has 0 aliphatic heterocycles. The van der Waals surface area contributed by atoms with E-state index in [2.05, 4.69) is 5.10 Å². The molecule has 1 aromatic heterocycles. The predicted molar refractivity (Wildman–Crippen MR) is 58.4 cm³/mol. The third-order valence-electron chi connectivity index (χ3n) is 2.08. The van der Waals surface area contributed by atoms with E-state index in [1.54, 1.807) is 6.07 Å². The molecule has 0 amide bonds. The van der Waals surface area contributed by atoms with Gasteiger partial charge in [-0.3, -0.25) is 0 Å². The molecule has 16 heavy (non-hydrogen) atoms. The molecule has 0 aliphatic carbocycles. The Kier molecular flexibility index (Phi) is 2.96. The van der Waals surface area contributed by atoms with Crippen LogP contribution < -0.4 is 5.46 Å². The van der Waals surface area contributed by atoms with Crippen molar-refractivity contribution in [2.45, 2.75) is 0 Å². The minimum Gasteiger partial charge on any atom is -0.423 e. The Bertz CT molecular complexity index is 518. The Morgan fingerprint density at radius 1 is 1.38 bits per heavy atom. The van der Waals surface area contributed by atoms with Gasteiger partial charge in [-0.25, -0.2) is 9.07 Å². The number of nitrogens with zero attached hydrogens (tertiary/aromatic N) is 2. The van der Waals surface area contributed by atoms with Gasteiger partial charge in [0.25, 0.3) is 0 Å². The normalized spacial score (nSPS) is 10.5. The van der Waals surface area contributed by atoms with Crippen LogP contribution in [0.2, 0.25) is 5.02 Å². The molecule has 0 spiro atoms. The highest BCUT2D eigenvalue weighted by molar-refractivity contribution is 6.58. The van der Waals surface area contributed by atoms with Crippen molar-refractivity contribution in [1.82, 2.24) is 9.78 Å². The van der Waals surface area contributed by atoms with Crippen molar-refractivity contribution >= 4 is 24.2 Å². The third kappa shape index (κ3) is 1.95. The Morgan fingerprint density at radius 2 is 2.12 bits per heavy atom. The van der Waals surface area contributed by atoms with Crippen LogP contribution in [0.15, 0.2) is 30.6 Å². The van der Waals surface area contributed by atoms with Crippen molar-refractivity contribution in [2.24, 2.45) is 0 Å². The lowest BCUT2D eigenvalue weighted by Gasteiger charge is -2.03. The van der Waals surface area contributed by atoms with E-state index >= 15 is 0 Å². The number of hydrogen-bond acceptors (Lipinski definition) is 3. The van der Waals surface area contributed by atoms with Gasteiger partial charge in [0, 0.05) is 17.9 Å². The summed E-state index contributed by atoms with van der Waals surface area (Å²) >= 11 is 5.62. The monoisotopic (exact) mass is 240 g/mol. The molecule has 7 heteroatoms. The van der Waals surface area contributed by atoms with Crippen LogP contribution in [0.1, 0.15) is 0 Å². The molecule has 4 nitrogen and oxygen atoms in total. The number of hydrogen-bond donors (Lipinski definition) is 2. The quantitative estimate of drug-likeness (QED) is 0.745. The lowest BCUT2D eigenvalue weighted by atomic mass is 9.83. The molecule has 82 valence electrons. The molecule has 1 aromatic carbocycles. The Hall–Kier alpha value is -1.37. The summed E-state index contributed by atoms with van der Waals surface area (Å²) in [6.07, 6.45) is 2.56. The fourth-order valence-electron chi connectivity index (χ4n) is 1.27. The van der Waals surface area contributed by atoms with E-state index in [0.29, 0.717) is 0 Å². The smallest absolute Gasteiger partial charge is 0.423 e. The van der Waals surface area contributed by atoms with Gasteiger partial charge in [-0.15, -0.1) is 0 Å². The number of aromatic nitrogens is 2. The Labute approximate surface area is 96.0 Å². The maximum atomic E-state index is 13.6. The van der Waals surface area contributed by atoms with Crippen molar-refractivity contribution in [1.29, 1.82) is 0 Å². The van der Waals surface area contributed by atoms with E-state index in [4.69, 9.17) is 21.6 Å². The first kappa shape index (κ1) is 11.1. The molecule has 1 heterocycles. The first-order valence-corrected chi connectivity index (χ1v) is 4.82. The average molecular weight is 240 g/mol. The van der Waals surface area contributed by atoms with E-state index in [1.165, 1.54) is 29.2 Å². The van der Waals surface area contributed by atoms with Crippen LogP contribution >= 0.6 is 11.6 Å². The van der Waals surface area contributed by atoms with E-state index in [-0.39, 0.29) is 16.2 Å². The van der Waals surface area contributed by atoms with Crippen LogP contribution in [0.4, 0.5) is 4.39 Å². The molecule has 2 N–H and O–H groups in total. The van der Waals surface area contributed by atoms with E-state index in [1.807, 2.05) is 0 Å².